The molecule has 0 aliphatic heterocycles. The number of pyridine rings is 4. The van der Waals surface area contributed by atoms with Gasteiger partial charge in [-0.15, -0.1) is 0 Å². The molecule has 0 spiro atoms. The molecule has 8 aromatic carbocycles. The fourth-order valence-corrected chi connectivity index (χ4v) is 24.8. The van der Waals surface area contributed by atoms with E-state index in [1.807, 2.05) is 92.5 Å². The van der Waals surface area contributed by atoms with Crippen molar-refractivity contribution in [3.63, 3.8) is 0 Å². The van der Waals surface area contributed by atoms with Gasteiger partial charge in [-0.05, 0) is 318 Å². The molecule has 4 heteroatoms. The molecule has 4 heterocycles. The van der Waals surface area contributed by atoms with Crippen LogP contribution in [0, 0.1) is 66.1 Å². The largest absolute Gasteiger partial charge is 0.216 e. The van der Waals surface area contributed by atoms with Crippen LogP contribution in [0.1, 0.15) is 364 Å². The minimum absolute atomic E-state index is 0.0464. The standard InChI is InChI=1S/2C32H40N.2C30H36N/c1-19-22(17-30(3,4)5)18-33(10)29-27-20(2)24-15-21-13-11-12-14-23(21)25(24)16-26(27)31(6,7)32(8,9)28(19)29;1-19-18-33(10)29-27-20(2)23-15-21-13-11-12-14-22(21)24(23)16-26(27)31(6,7)32(8,9)28(29)25(19)17-30(3,4)5;1-17(2)24-16-31(9)28-26-18(3)22-14-20-12-10-11-13-21(20)23(22)15-25(26)29(5,6)30(7,8)27(28)19(24)4;1-17(2)25-18(3)16-31(9)28-26-19(4)22-14-20-12-10-11-13-21(20)23(22)15-24(26)29(5,6)30(7,8)27(25)28/h2*11-14,16,18H,15,17H2,1-10H3;2*10-13,15-17H,14H2,1-9H3/q4*+1/i17D2;1D3,17D2;17D;3D3,17D. The average Bonchev–Trinajstić information content (AvgIpc) is 0.940. The zero-order valence-corrected chi connectivity index (χ0v) is 84.5. The molecule has 0 bridgehead atoms. The van der Waals surface area contributed by atoms with Crippen molar-refractivity contribution >= 4 is 0 Å². The Kier molecular flexibility index (Phi) is 17.8. The van der Waals surface area contributed by atoms with Crippen molar-refractivity contribution in [3.05, 3.63) is 302 Å². The summed E-state index contributed by atoms with van der Waals surface area (Å²) in [6.07, 6.45) is 8.18. The number of hydrogen-bond acceptors (Lipinski definition) is 0. The monoisotopic (exact) mass is 1710 g/mol. The number of benzene rings is 8. The molecule has 0 fully saturated rings. The molecule has 0 N–H and O–H groups in total. The van der Waals surface area contributed by atoms with Gasteiger partial charge in [0.2, 0.25) is 22.8 Å². The van der Waals surface area contributed by atoms with Crippen molar-refractivity contribution in [1.29, 1.82) is 0 Å². The first-order valence-corrected chi connectivity index (χ1v) is 47.3. The fourth-order valence-electron chi connectivity index (χ4n) is 24.8. The Balaban J connectivity index is 0.000000129. The number of nitrogens with zero attached hydrogens (tertiary/aromatic N) is 4. The van der Waals surface area contributed by atoms with Gasteiger partial charge >= 0.3 is 0 Å². The third-order valence-electron chi connectivity index (χ3n) is 34.2. The van der Waals surface area contributed by atoms with E-state index in [2.05, 4.69) is 309 Å². The fraction of sp³-hybridized carbons (Fsp3) is 0.452. The third kappa shape index (κ3) is 13.1. The molecule has 0 saturated carbocycles. The summed E-state index contributed by atoms with van der Waals surface area (Å²) >= 11 is 0. The van der Waals surface area contributed by atoms with Gasteiger partial charge in [0, 0.05) is 82.6 Å². The average molecular weight is 1710 g/mol. The van der Waals surface area contributed by atoms with Crippen LogP contribution in [0.4, 0.5) is 0 Å². The molecule has 0 saturated heterocycles. The van der Waals surface area contributed by atoms with Gasteiger partial charge in [-0.25, -0.2) is 18.3 Å². The summed E-state index contributed by atoms with van der Waals surface area (Å²) in [5.41, 5.74) is 49.2. The van der Waals surface area contributed by atoms with Gasteiger partial charge in [-0.3, -0.25) is 0 Å². The molecule has 8 aliphatic rings. The van der Waals surface area contributed by atoms with E-state index in [-0.39, 0.29) is 38.2 Å². The predicted molar refractivity (Wildman–Crippen MR) is 542 cm³/mol. The van der Waals surface area contributed by atoms with Crippen molar-refractivity contribution in [2.24, 2.45) is 39.0 Å². The van der Waals surface area contributed by atoms with Crippen molar-refractivity contribution in [3.8, 4) is 89.5 Å². The highest BCUT2D eigenvalue weighted by Crippen LogP contribution is 2.64. The number of hydrogen-bond donors (Lipinski definition) is 0. The van der Waals surface area contributed by atoms with Crippen LogP contribution in [0.3, 0.4) is 0 Å². The first kappa shape index (κ1) is 76.1. The molecule has 4 aromatic heterocycles. The number of aromatic nitrogens is 4. The molecule has 0 amide bonds. The third-order valence-corrected chi connectivity index (χ3v) is 34.2. The van der Waals surface area contributed by atoms with Gasteiger partial charge in [0.25, 0.3) is 0 Å². The molecule has 20 rings (SSSR count). The zero-order chi connectivity index (χ0) is 104. The van der Waals surface area contributed by atoms with E-state index >= 15 is 0 Å². The Morgan fingerprint density at radius 2 is 0.609 bits per heavy atom. The van der Waals surface area contributed by atoms with E-state index in [1.54, 1.807) is 12.4 Å². The summed E-state index contributed by atoms with van der Waals surface area (Å²) in [6, 6.07) is 44.8. The lowest BCUT2D eigenvalue weighted by molar-refractivity contribution is -0.661. The minimum atomic E-state index is -2.45. The Morgan fingerprint density at radius 1 is 0.328 bits per heavy atom. The number of fused-ring (bicyclic) bond motifs is 24. The maximum absolute atomic E-state index is 9.41. The predicted octanol–water partition coefficient (Wildman–Crippen LogP) is 29.2. The van der Waals surface area contributed by atoms with E-state index in [9.17, 15) is 2.74 Å². The smallest absolute Gasteiger partial charge is 0.200 e. The van der Waals surface area contributed by atoms with E-state index in [0.29, 0.717) is 11.1 Å². The quantitative estimate of drug-likeness (QED) is 0.156. The van der Waals surface area contributed by atoms with Crippen molar-refractivity contribution in [2.75, 3.05) is 0 Å². The SMILES string of the molecule is [2H]C(C)(C)c1c[n+](C)c2c(c1C)C(C)(C)C(C)(C)c1cc3c(c(C)c1-2)Cc1ccccc1-3.[2H]C([2H])([2H])c1c[n+](C)c2c(c1C([2H])(C)C)C(C)(C)C(C)(C)c1cc3c(c(C)c1-2)Cc1ccccc1-3.[2H]C([2H])([2H])c1c[n+](C)c2c(c1C([2H])([2H])C(C)(C)C)C(C)(C)C(C)(C)c1cc3c(c(C)c1-2)Cc1ccccc1-3.[2H]C([2H])(c1c[n+](C)c2c(c1C)C(C)(C)C(C)(C)c1cc3c(c(C)c1-2)Cc1ccccc1-3)C(C)(C)C. The normalized spacial score (nSPS) is 19.2. The van der Waals surface area contributed by atoms with Gasteiger partial charge in [-0.1, -0.05) is 277 Å². The molecular weight excluding hydrogens is 1550 g/mol. The van der Waals surface area contributed by atoms with E-state index < -0.39 is 65.3 Å². The van der Waals surface area contributed by atoms with Crippen LogP contribution >= 0.6 is 0 Å². The molecule has 0 atom stereocenters. The highest BCUT2D eigenvalue weighted by atomic mass is 15.0. The van der Waals surface area contributed by atoms with Gasteiger partial charge in [0.1, 0.15) is 28.2 Å². The summed E-state index contributed by atoms with van der Waals surface area (Å²) < 4.78 is 114. The first-order chi connectivity index (χ1) is 64.0. The van der Waals surface area contributed by atoms with Crippen LogP contribution in [0.25, 0.3) is 89.5 Å². The van der Waals surface area contributed by atoms with E-state index in [1.165, 1.54) is 178 Å². The first-order valence-electron chi connectivity index (χ1n) is 53.3. The van der Waals surface area contributed by atoms with Crippen LogP contribution in [0.15, 0.2) is 146 Å². The van der Waals surface area contributed by atoms with Gasteiger partial charge < -0.3 is 0 Å². The van der Waals surface area contributed by atoms with Crippen LogP contribution in [-0.4, -0.2) is 0 Å². The zero-order valence-electron chi connectivity index (χ0n) is 96.5. The molecule has 8 aliphatic carbocycles. The van der Waals surface area contributed by atoms with Gasteiger partial charge in [-0.2, -0.15) is 0 Å². The van der Waals surface area contributed by atoms with Gasteiger partial charge in [0.15, 0.2) is 24.8 Å². The van der Waals surface area contributed by atoms with Crippen LogP contribution < -0.4 is 18.3 Å². The Labute approximate surface area is 789 Å². The van der Waals surface area contributed by atoms with Crippen molar-refractivity contribution < 1.29 is 34.7 Å². The lowest BCUT2D eigenvalue weighted by Gasteiger charge is -2.48. The molecule has 0 radical (unpaired) electrons. The summed E-state index contributed by atoms with van der Waals surface area (Å²) in [4.78, 5) is 0. The summed E-state index contributed by atoms with van der Waals surface area (Å²) in [5.74, 6) is -1.69. The number of aryl methyl sites for hydroxylation is 6. The highest BCUT2D eigenvalue weighted by Gasteiger charge is 2.57. The molecule has 4 nitrogen and oxygen atoms in total. The molecule has 0 unspecified atom stereocenters. The summed E-state index contributed by atoms with van der Waals surface area (Å²) in [5, 5.41) is 0. The molecule has 128 heavy (non-hydrogen) atoms. The summed E-state index contributed by atoms with van der Waals surface area (Å²) in [6.45, 7) is 64.9. The second-order valence-corrected chi connectivity index (χ2v) is 46.4. The van der Waals surface area contributed by atoms with E-state index in [0.717, 1.165) is 70.5 Å². The van der Waals surface area contributed by atoms with Crippen LogP contribution in [0.2, 0.25) is 0 Å². The maximum atomic E-state index is 9.41. The second-order valence-electron chi connectivity index (χ2n) is 46.4. The molecule has 664 valence electrons. The topological polar surface area (TPSA) is 15.5 Å². The van der Waals surface area contributed by atoms with Crippen molar-refractivity contribution in [2.45, 2.75) is 329 Å². The lowest BCUT2D eigenvalue weighted by Crippen LogP contribution is -2.49. The van der Waals surface area contributed by atoms with Crippen LogP contribution in [0.5, 0.6) is 0 Å². The van der Waals surface area contributed by atoms with Crippen molar-refractivity contribution in [1.82, 2.24) is 0 Å². The highest BCUT2D eigenvalue weighted by molar-refractivity contribution is 5.92. The number of rotatable bonds is 4. The summed E-state index contributed by atoms with van der Waals surface area (Å²) in [7, 11) is 8.17. The second kappa shape index (κ2) is 29.9. The Morgan fingerprint density at radius 3 is 0.930 bits per heavy atom. The lowest BCUT2D eigenvalue weighted by atomic mass is 9.54. The Bertz CT molecular complexity index is 7340. The van der Waals surface area contributed by atoms with Gasteiger partial charge in [0.05, 0.1) is 22.3 Å². The molecule has 12 aromatic rings. The van der Waals surface area contributed by atoms with E-state index in [4.69, 9.17) is 13.7 Å². The maximum Gasteiger partial charge on any atom is 0.216 e. The van der Waals surface area contributed by atoms with Crippen LogP contribution in [-0.2, 0) is 110 Å². The Hall–Kier alpha value is -9.64. The molecular formula is C124H152N4+4. The minimum Gasteiger partial charge on any atom is -0.200 e.